The van der Waals surface area contributed by atoms with E-state index < -0.39 is 22.3 Å². The van der Waals surface area contributed by atoms with E-state index in [1.807, 2.05) is 0 Å². The molecule has 2 N–H and O–H groups in total. The number of benzene rings is 1. The van der Waals surface area contributed by atoms with E-state index in [9.17, 15) is 19.3 Å². The van der Waals surface area contributed by atoms with E-state index in [4.69, 9.17) is 5.73 Å². The predicted molar refractivity (Wildman–Crippen MR) is 53.6 cm³/mol. The number of nitro benzene ring substituents is 1. The average molecular weight is 235 g/mol. The molecule has 0 spiro atoms. The molecule has 0 aliphatic rings. The molecule has 0 aliphatic heterocycles. The summed E-state index contributed by atoms with van der Waals surface area (Å²) in [4.78, 5) is 20.2. The van der Waals surface area contributed by atoms with Crippen LogP contribution in [-0.2, 0) is 0 Å². The van der Waals surface area contributed by atoms with E-state index in [-0.39, 0.29) is 23.5 Å². The molecule has 0 fully saturated rings. The molecule has 1 rings (SSSR count). The van der Waals surface area contributed by atoms with E-state index in [0.717, 1.165) is 12.1 Å². The van der Waals surface area contributed by atoms with Gasteiger partial charge in [0.05, 0.1) is 4.92 Å². The molecule has 0 saturated heterocycles. The van der Waals surface area contributed by atoms with Crippen LogP contribution >= 0.6 is 12.4 Å². The first-order chi connectivity index (χ1) is 6.43. The van der Waals surface area contributed by atoms with Gasteiger partial charge in [-0.2, -0.15) is 4.39 Å². The molecule has 0 aliphatic carbocycles. The second-order valence-electron chi connectivity index (χ2n) is 2.74. The maximum Gasteiger partial charge on any atom is 0.305 e. The van der Waals surface area contributed by atoms with Crippen LogP contribution in [0.1, 0.15) is 15.9 Å². The van der Waals surface area contributed by atoms with Crippen molar-refractivity contribution < 1.29 is 14.1 Å². The van der Waals surface area contributed by atoms with Crippen LogP contribution in [0.5, 0.6) is 0 Å². The van der Waals surface area contributed by atoms with Crippen LogP contribution in [0.4, 0.5) is 10.1 Å². The molecule has 1 aromatic rings. The highest BCUT2D eigenvalue weighted by Crippen LogP contribution is 2.21. The van der Waals surface area contributed by atoms with Crippen LogP contribution in [0.15, 0.2) is 12.1 Å². The molecule has 15 heavy (non-hydrogen) atoms. The first kappa shape index (κ1) is 13.3. The maximum absolute atomic E-state index is 13.0. The van der Waals surface area contributed by atoms with Crippen molar-refractivity contribution in [2.45, 2.75) is 6.92 Å². The van der Waals surface area contributed by atoms with Crippen LogP contribution in [-0.4, -0.2) is 10.8 Å². The number of rotatable bonds is 2. The van der Waals surface area contributed by atoms with Gasteiger partial charge in [-0.3, -0.25) is 14.9 Å². The summed E-state index contributed by atoms with van der Waals surface area (Å²) in [5.74, 6) is -1.79. The fraction of sp³-hybridized carbons (Fsp3) is 0.125. The van der Waals surface area contributed by atoms with E-state index in [2.05, 4.69) is 0 Å². The fourth-order valence-corrected chi connectivity index (χ4v) is 1.07. The van der Waals surface area contributed by atoms with Crippen molar-refractivity contribution in [2.75, 3.05) is 0 Å². The average Bonchev–Trinajstić information content (AvgIpc) is 2.02. The lowest BCUT2D eigenvalue weighted by molar-refractivity contribution is -0.387. The lowest BCUT2D eigenvalue weighted by Crippen LogP contribution is -2.13. The molecular formula is C8H8ClFN2O3. The Kier molecular flexibility index (Phi) is 4.17. The number of nitrogens with zero attached hydrogens (tertiary/aromatic N) is 1. The van der Waals surface area contributed by atoms with Crippen LogP contribution < -0.4 is 5.73 Å². The summed E-state index contributed by atoms with van der Waals surface area (Å²) in [7, 11) is 0. The summed E-state index contributed by atoms with van der Waals surface area (Å²) in [6, 6.07) is 1.76. The number of halogens is 2. The molecule has 0 bridgehead atoms. The Morgan fingerprint density at radius 2 is 2.07 bits per heavy atom. The number of hydrogen-bond donors (Lipinski definition) is 1. The maximum atomic E-state index is 13.0. The third-order valence-corrected chi connectivity index (χ3v) is 1.76. The Labute approximate surface area is 90.6 Å². The summed E-state index contributed by atoms with van der Waals surface area (Å²) < 4.78 is 13.0. The van der Waals surface area contributed by atoms with Crippen molar-refractivity contribution in [3.05, 3.63) is 39.2 Å². The van der Waals surface area contributed by atoms with Gasteiger partial charge in [-0.05, 0) is 18.6 Å². The summed E-state index contributed by atoms with van der Waals surface area (Å²) in [6.45, 7) is 1.45. The van der Waals surface area contributed by atoms with E-state index in [0.29, 0.717) is 0 Å². The highest BCUT2D eigenvalue weighted by Gasteiger charge is 2.18. The number of amides is 1. The zero-order valence-electron chi connectivity index (χ0n) is 7.69. The number of carbonyl (C=O) groups excluding carboxylic acids is 1. The van der Waals surface area contributed by atoms with Crippen molar-refractivity contribution in [1.29, 1.82) is 0 Å². The number of hydrogen-bond acceptors (Lipinski definition) is 3. The second kappa shape index (κ2) is 4.70. The number of primary amides is 1. The molecule has 0 saturated carbocycles. The van der Waals surface area contributed by atoms with Gasteiger partial charge in [0.15, 0.2) is 0 Å². The zero-order valence-corrected chi connectivity index (χ0v) is 8.51. The van der Waals surface area contributed by atoms with Gasteiger partial charge >= 0.3 is 5.69 Å². The van der Waals surface area contributed by atoms with Gasteiger partial charge in [0.1, 0.15) is 0 Å². The van der Waals surface area contributed by atoms with Crippen LogP contribution in [0.25, 0.3) is 0 Å². The minimum absolute atomic E-state index is 0. The Hall–Kier alpha value is -1.69. The van der Waals surface area contributed by atoms with Gasteiger partial charge in [-0.25, -0.2) is 0 Å². The highest BCUT2D eigenvalue weighted by atomic mass is 35.5. The minimum atomic E-state index is -0.975. The van der Waals surface area contributed by atoms with Gasteiger partial charge in [0.2, 0.25) is 11.7 Å². The van der Waals surface area contributed by atoms with Gasteiger partial charge in [0.25, 0.3) is 0 Å². The van der Waals surface area contributed by atoms with Crippen molar-refractivity contribution >= 4 is 24.0 Å². The molecule has 0 unspecified atom stereocenters. The lowest BCUT2D eigenvalue weighted by Gasteiger charge is -2.01. The summed E-state index contributed by atoms with van der Waals surface area (Å²) in [6.07, 6.45) is 0. The molecule has 82 valence electrons. The molecule has 0 atom stereocenters. The second-order valence-corrected chi connectivity index (χ2v) is 2.74. The Morgan fingerprint density at radius 3 is 2.47 bits per heavy atom. The number of nitrogens with two attached hydrogens (primary N) is 1. The monoisotopic (exact) mass is 234 g/mol. The van der Waals surface area contributed by atoms with Gasteiger partial charge in [0, 0.05) is 11.6 Å². The fourth-order valence-electron chi connectivity index (χ4n) is 1.07. The summed E-state index contributed by atoms with van der Waals surface area (Å²) in [5, 5.41) is 10.3. The van der Waals surface area contributed by atoms with Crippen molar-refractivity contribution in [1.82, 2.24) is 0 Å². The Bertz CT molecular complexity index is 387. The standard InChI is InChI=1S/C8H7FN2O3.ClH/c1-4-2-6(9)7(11(13)14)3-5(4)8(10)12;/h2-3H,1H3,(H2,10,12);1H. The van der Waals surface area contributed by atoms with Crippen molar-refractivity contribution in [2.24, 2.45) is 5.73 Å². The third-order valence-electron chi connectivity index (χ3n) is 1.76. The van der Waals surface area contributed by atoms with Crippen LogP contribution in [0.3, 0.4) is 0 Å². The third kappa shape index (κ3) is 2.63. The molecule has 0 aromatic heterocycles. The Balaban J connectivity index is 0.00000196. The molecule has 1 aromatic carbocycles. The molecule has 0 radical (unpaired) electrons. The van der Waals surface area contributed by atoms with Gasteiger partial charge in [-0.1, -0.05) is 0 Å². The Morgan fingerprint density at radius 1 is 1.53 bits per heavy atom. The largest absolute Gasteiger partial charge is 0.366 e. The number of aryl methyl sites for hydroxylation is 1. The number of carbonyl (C=O) groups is 1. The van der Waals surface area contributed by atoms with Crippen molar-refractivity contribution in [3.8, 4) is 0 Å². The smallest absolute Gasteiger partial charge is 0.305 e. The lowest BCUT2D eigenvalue weighted by atomic mass is 10.1. The van der Waals surface area contributed by atoms with Gasteiger partial charge in [-0.15, -0.1) is 12.4 Å². The van der Waals surface area contributed by atoms with Crippen molar-refractivity contribution in [3.63, 3.8) is 0 Å². The van der Waals surface area contributed by atoms with E-state index in [1.54, 1.807) is 0 Å². The minimum Gasteiger partial charge on any atom is -0.366 e. The summed E-state index contributed by atoms with van der Waals surface area (Å²) in [5.41, 5.74) is 4.44. The topological polar surface area (TPSA) is 86.2 Å². The molecule has 7 heteroatoms. The molecule has 1 amide bonds. The van der Waals surface area contributed by atoms with E-state index in [1.165, 1.54) is 6.92 Å². The molecule has 5 nitrogen and oxygen atoms in total. The van der Waals surface area contributed by atoms with Gasteiger partial charge < -0.3 is 5.73 Å². The first-order valence-electron chi connectivity index (χ1n) is 3.68. The van der Waals surface area contributed by atoms with Crippen LogP contribution in [0.2, 0.25) is 0 Å². The first-order valence-corrected chi connectivity index (χ1v) is 3.68. The predicted octanol–water partition coefficient (Wildman–Crippen LogP) is 1.56. The molecule has 0 heterocycles. The number of nitro groups is 1. The quantitative estimate of drug-likeness (QED) is 0.622. The highest BCUT2D eigenvalue weighted by molar-refractivity contribution is 5.94. The zero-order chi connectivity index (χ0) is 10.9. The van der Waals surface area contributed by atoms with Crippen LogP contribution in [0, 0.1) is 22.9 Å². The normalized spacial score (nSPS) is 9.20. The van der Waals surface area contributed by atoms with E-state index >= 15 is 0 Å². The summed E-state index contributed by atoms with van der Waals surface area (Å²) >= 11 is 0. The molecular weight excluding hydrogens is 227 g/mol. The SMILES string of the molecule is Cc1cc(F)c([N+](=O)[O-])cc1C(N)=O.Cl.